The number of fused-ring (bicyclic) bond motifs is 3. The number of benzene rings is 3. The van der Waals surface area contributed by atoms with E-state index in [1.165, 1.54) is 0 Å². The number of ether oxygens (including phenoxy) is 2. The highest BCUT2D eigenvalue weighted by molar-refractivity contribution is 7.84. The van der Waals surface area contributed by atoms with Crippen molar-refractivity contribution in [3.63, 3.8) is 0 Å². The molecule has 174 valence electrons. The van der Waals surface area contributed by atoms with Gasteiger partial charge in [0.1, 0.15) is 17.5 Å². The van der Waals surface area contributed by atoms with E-state index >= 15 is 0 Å². The van der Waals surface area contributed by atoms with Crippen LogP contribution in [0.25, 0.3) is 10.9 Å². The number of nitrogens with one attached hydrogen (secondary N) is 1. The zero-order valence-corrected chi connectivity index (χ0v) is 20.3. The molecule has 0 aliphatic carbocycles. The maximum Gasteiger partial charge on any atom is 0.416 e. The van der Waals surface area contributed by atoms with Gasteiger partial charge in [0.25, 0.3) is 0 Å². The molecule has 5 rings (SSSR count). The average Bonchev–Trinajstić information content (AvgIpc) is 3.21. The van der Waals surface area contributed by atoms with E-state index in [9.17, 15) is 9.00 Å². The molecule has 2 atom stereocenters. The smallest absolute Gasteiger partial charge is 0.416 e. The van der Waals surface area contributed by atoms with Crippen molar-refractivity contribution in [2.75, 3.05) is 19.9 Å². The Hall–Kier alpha value is -3.29. The third-order valence-electron chi connectivity index (χ3n) is 6.12. The number of aromatic nitrogens is 1. The van der Waals surface area contributed by atoms with Crippen molar-refractivity contribution in [3.8, 4) is 11.5 Å². The summed E-state index contributed by atoms with van der Waals surface area (Å²) in [6.45, 7) is 0.480. The lowest BCUT2D eigenvalue weighted by Gasteiger charge is -2.35. The van der Waals surface area contributed by atoms with E-state index in [0.29, 0.717) is 29.5 Å². The third-order valence-corrected chi connectivity index (χ3v) is 7.29. The Labute approximate surface area is 204 Å². The quantitative estimate of drug-likeness (QED) is 0.394. The van der Waals surface area contributed by atoms with Crippen LogP contribution in [0.2, 0.25) is 5.02 Å². The highest BCUT2D eigenvalue weighted by Gasteiger charge is 2.35. The van der Waals surface area contributed by atoms with E-state index in [-0.39, 0.29) is 6.04 Å². The Bertz CT molecular complexity index is 1380. The van der Waals surface area contributed by atoms with Crippen LogP contribution >= 0.6 is 11.6 Å². The molecule has 6 nitrogen and oxygen atoms in total. The molecular formula is C26H23ClN2O4S. The van der Waals surface area contributed by atoms with Gasteiger partial charge in [0.15, 0.2) is 0 Å². The van der Waals surface area contributed by atoms with Gasteiger partial charge in [-0.1, -0.05) is 23.7 Å². The number of H-pyrrole nitrogens is 1. The van der Waals surface area contributed by atoms with Crippen molar-refractivity contribution in [1.29, 1.82) is 0 Å². The first kappa shape index (κ1) is 22.5. The first-order valence-electron chi connectivity index (χ1n) is 10.8. The molecule has 0 fully saturated rings. The lowest BCUT2D eigenvalue weighted by molar-refractivity contribution is 0.135. The fraction of sp³-hybridized carbons (Fsp3) is 0.192. The molecule has 1 aliphatic heterocycles. The fourth-order valence-corrected chi connectivity index (χ4v) is 5.14. The van der Waals surface area contributed by atoms with Crippen molar-refractivity contribution >= 4 is 39.4 Å². The predicted molar refractivity (Wildman–Crippen MR) is 133 cm³/mol. The van der Waals surface area contributed by atoms with Crippen LogP contribution in [-0.2, 0) is 17.2 Å². The molecule has 4 aromatic rings. The number of halogens is 1. The Morgan fingerprint density at radius 2 is 1.76 bits per heavy atom. The average molecular weight is 495 g/mol. The Kier molecular flexibility index (Phi) is 6.06. The standard InChI is InChI=1S/C26H23ClN2O4S/c1-32-18-6-8-19(9-7-18)33-26(30)29-14-13-21-22-15-17(27)5-12-23(22)28-24(21)25(29)16-3-10-20(11-4-16)34(2)31/h3-12,15,25,28H,13-14H2,1-2H3. The molecule has 34 heavy (non-hydrogen) atoms. The molecule has 8 heteroatoms. The minimum absolute atomic E-state index is 0.389. The summed E-state index contributed by atoms with van der Waals surface area (Å²) < 4.78 is 22.8. The molecule has 2 heterocycles. The maximum atomic E-state index is 13.3. The summed E-state index contributed by atoms with van der Waals surface area (Å²) >= 11 is 6.27. The second-order valence-electron chi connectivity index (χ2n) is 8.12. The number of hydrogen-bond acceptors (Lipinski definition) is 4. The molecule has 1 aromatic heterocycles. The van der Waals surface area contributed by atoms with E-state index in [0.717, 1.165) is 32.6 Å². The van der Waals surface area contributed by atoms with Crippen molar-refractivity contribution in [3.05, 3.63) is 88.6 Å². The van der Waals surface area contributed by atoms with E-state index in [1.807, 2.05) is 42.5 Å². The van der Waals surface area contributed by atoms with Crippen LogP contribution in [0.15, 0.2) is 71.6 Å². The number of carbonyl (C=O) groups is 1. The zero-order valence-electron chi connectivity index (χ0n) is 18.7. The van der Waals surface area contributed by atoms with Gasteiger partial charge in [-0.05, 0) is 72.1 Å². The van der Waals surface area contributed by atoms with Gasteiger partial charge in [-0.25, -0.2) is 4.79 Å². The summed E-state index contributed by atoms with van der Waals surface area (Å²) in [7, 11) is 0.500. The van der Waals surface area contributed by atoms with Gasteiger partial charge >= 0.3 is 6.09 Å². The number of hydrogen-bond donors (Lipinski definition) is 1. The van der Waals surface area contributed by atoms with Crippen LogP contribution in [0.3, 0.4) is 0 Å². The molecule has 2 unspecified atom stereocenters. The van der Waals surface area contributed by atoms with Gasteiger partial charge in [0, 0.05) is 50.1 Å². The maximum absolute atomic E-state index is 13.3. The minimum Gasteiger partial charge on any atom is -0.497 e. The molecule has 0 bridgehead atoms. The van der Waals surface area contributed by atoms with Crippen LogP contribution in [0, 0.1) is 0 Å². The lowest BCUT2D eigenvalue weighted by Crippen LogP contribution is -2.42. The number of amides is 1. The summed E-state index contributed by atoms with van der Waals surface area (Å²) in [6.07, 6.45) is 1.87. The van der Waals surface area contributed by atoms with Gasteiger partial charge in [-0.3, -0.25) is 9.11 Å². The summed E-state index contributed by atoms with van der Waals surface area (Å²) in [4.78, 5) is 19.3. The molecule has 0 radical (unpaired) electrons. The fourth-order valence-electron chi connectivity index (χ4n) is 4.45. The summed E-state index contributed by atoms with van der Waals surface area (Å²) in [5.41, 5.74) is 3.94. The molecule has 0 saturated heterocycles. The van der Waals surface area contributed by atoms with Gasteiger partial charge < -0.3 is 14.5 Å². The Morgan fingerprint density at radius 1 is 1.06 bits per heavy atom. The number of carbonyl (C=O) groups excluding carboxylic acids is 1. The molecule has 0 spiro atoms. The highest BCUT2D eigenvalue weighted by atomic mass is 35.5. The van der Waals surface area contributed by atoms with Crippen molar-refractivity contribution in [2.45, 2.75) is 17.4 Å². The Morgan fingerprint density at radius 3 is 2.44 bits per heavy atom. The van der Waals surface area contributed by atoms with Crippen LogP contribution in [0.1, 0.15) is 22.9 Å². The first-order chi connectivity index (χ1) is 16.4. The molecule has 1 amide bonds. The second-order valence-corrected chi connectivity index (χ2v) is 9.94. The van der Waals surface area contributed by atoms with E-state index in [2.05, 4.69) is 4.98 Å². The SMILES string of the molecule is COc1ccc(OC(=O)N2CCc3c([nH]c4ccc(Cl)cc34)C2c2ccc(S(C)=O)cc2)cc1. The third kappa shape index (κ3) is 4.17. The van der Waals surface area contributed by atoms with Crippen LogP contribution in [-0.4, -0.2) is 40.1 Å². The minimum atomic E-state index is -1.09. The monoisotopic (exact) mass is 494 g/mol. The highest BCUT2D eigenvalue weighted by Crippen LogP contribution is 2.39. The summed E-state index contributed by atoms with van der Waals surface area (Å²) in [5.74, 6) is 1.13. The summed E-state index contributed by atoms with van der Waals surface area (Å²) in [5, 5.41) is 1.73. The largest absolute Gasteiger partial charge is 0.497 e. The number of methoxy groups -OCH3 is 1. The molecule has 3 aromatic carbocycles. The van der Waals surface area contributed by atoms with Gasteiger partial charge in [-0.2, -0.15) is 0 Å². The van der Waals surface area contributed by atoms with Crippen LogP contribution < -0.4 is 9.47 Å². The van der Waals surface area contributed by atoms with E-state index in [1.54, 1.807) is 42.5 Å². The summed E-state index contributed by atoms with van der Waals surface area (Å²) in [6, 6.07) is 19.8. The lowest BCUT2D eigenvalue weighted by atomic mass is 9.93. The molecule has 1 aliphatic rings. The number of aromatic amines is 1. The van der Waals surface area contributed by atoms with Crippen molar-refractivity contribution < 1.29 is 18.5 Å². The predicted octanol–water partition coefficient (Wildman–Crippen LogP) is 5.71. The van der Waals surface area contributed by atoms with Crippen LogP contribution in [0.4, 0.5) is 4.79 Å². The zero-order chi connectivity index (χ0) is 23.8. The van der Waals surface area contributed by atoms with Crippen molar-refractivity contribution in [2.24, 2.45) is 0 Å². The van der Waals surface area contributed by atoms with Gasteiger partial charge in [0.05, 0.1) is 7.11 Å². The topological polar surface area (TPSA) is 71.6 Å². The Balaban J connectivity index is 1.55. The van der Waals surface area contributed by atoms with Crippen molar-refractivity contribution in [1.82, 2.24) is 9.88 Å². The number of nitrogens with zero attached hydrogens (tertiary/aromatic N) is 1. The van der Waals surface area contributed by atoms with Gasteiger partial charge in [-0.15, -0.1) is 0 Å². The second kappa shape index (κ2) is 9.16. The van der Waals surface area contributed by atoms with E-state index in [4.69, 9.17) is 21.1 Å². The number of rotatable bonds is 4. The molecular weight excluding hydrogens is 472 g/mol. The van der Waals surface area contributed by atoms with E-state index < -0.39 is 16.9 Å². The molecule has 0 saturated carbocycles. The normalized spacial score (nSPS) is 16.2. The van der Waals surface area contributed by atoms with Gasteiger partial charge in [0.2, 0.25) is 0 Å². The first-order valence-corrected chi connectivity index (χ1v) is 12.7. The molecule has 1 N–H and O–H groups in total. The van der Waals surface area contributed by atoms with Crippen LogP contribution in [0.5, 0.6) is 11.5 Å².